The number of nitrogens with two attached hydrogens (primary N) is 1. The smallest absolute Gasteiger partial charge is 0.116 e. The third-order valence-electron chi connectivity index (χ3n) is 3.69. The van der Waals surface area contributed by atoms with E-state index in [0.717, 1.165) is 22.3 Å². The van der Waals surface area contributed by atoms with Crippen LogP contribution in [0.15, 0.2) is 48.5 Å². The van der Waals surface area contributed by atoms with Crippen LogP contribution in [0.2, 0.25) is 0 Å². The van der Waals surface area contributed by atoms with Crippen LogP contribution in [0.1, 0.15) is 28.7 Å². The van der Waals surface area contributed by atoms with Gasteiger partial charge < -0.3 is 10.8 Å². The Balaban J connectivity index is 2.62. The largest absolute Gasteiger partial charge is 0.380 e. The maximum atomic E-state index is 11.2. The van der Waals surface area contributed by atoms with E-state index in [0.29, 0.717) is 13.0 Å². The van der Waals surface area contributed by atoms with Crippen LogP contribution in [0.25, 0.3) is 0 Å². The molecule has 0 fully saturated rings. The van der Waals surface area contributed by atoms with Gasteiger partial charge in [0.1, 0.15) is 5.60 Å². The van der Waals surface area contributed by atoms with Gasteiger partial charge in [-0.15, -0.1) is 0 Å². The summed E-state index contributed by atoms with van der Waals surface area (Å²) < 4.78 is 0. The van der Waals surface area contributed by atoms with E-state index in [4.69, 9.17) is 5.73 Å². The van der Waals surface area contributed by atoms with Crippen LogP contribution in [0.4, 0.5) is 0 Å². The zero-order valence-corrected chi connectivity index (χ0v) is 11.6. The van der Waals surface area contributed by atoms with Crippen LogP contribution in [0.5, 0.6) is 0 Å². The predicted octanol–water partition coefficient (Wildman–Crippen LogP) is 2.89. The summed E-state index contributed by atoms with van der Waals surface area (Å²) in [6.07, 6.45) is 0.517. The molecule has 2 nitrogen and oxygen atoms in total. The fourth-order valence-corrected chi connectivity index (χ4v) is 2.70. The molecule has 0 aliphatic rings. The summed E-state index contributed by atoms with van der Waals surface area (Å²) in [6.45, 7) is 4.49. The van der Waals surface area contributed by atoms with Gasteiger partial charge in [0, 0.05) is 0 Å². The molecule has 0 aromatic heterocycles. The van der Waals surface area contributed by atoms with E-state index in [1.54, 1.807) is 0 Å². The summed E-state index contributed by atoms with van der Waals surface area (Å²) in [7, 11) is 0. The molecule has 100 valence electrons. The third-order valence-corrected chi connectivity index (χ3v) is 3.69. The molecule has 2 heteroatoms. The second kappa shape index (κ2) is 5.55. The van der Waals surface area contributed by atoms with Crippen molar-refractivity contribution in [3.8, 4) is 0 Å². The Bertz CT molecular complexity index is 517. The van der Waals surface area contributed by atoms with Crippen molar-refractivity contribution < 1.29 is 5.11 Å². The van der Waals surface area contributed by atoms with Crippen molar-refractivity contribution in [2.24, 2.45) is 5.73 Å². The van der Waals surface area contributed by atoms with Crippen LogP contribution in [-0.2, 0) is 5.60 Å². The summed E-state index contributed by atoms with van der Waals surface area (Å²) in [5.41, 5.74) is 8.77. The highest BCUT2D eigenvalue weighted by atomic mass is 16.3. The molecule has 0 heterocycles. The van der Waals surface area contributed by atoms with E-state index >= 15 is 0 Å². The molecule has 2 aromatic carbocycles. The van der Waals surface area contributed by atoms with Gasteiger partial charge in [0.05, 0.1) is 0 Å². The van der Waals surface area contributed by atoms with Crippen LogP contribution in [0.3, 0.4) is 0 Å². The first-order valence-corrected chi connectivity index (χ1v) is 6.64. The highest BCUT2D eigenvalue weighted by molar-refractivity contribution is 5.43. The van der Waals surface area contributed by atoms with Crippen molar-refractivity contribution in [2.75, 3.05) is 6.54 Å². The summed E-state index contributed by atoms with van der Waals surface area (Å²) in [4.78, 5) is 0. The molecule has 0 radical (unpaired) electrons. The summed E-state index contributed by atoms with van der Waals surface area (Å²) in [5.74, 6) is 0. The second-order valence-corrected chi connectivity index (χ2v) is 5.03. The number of rotatable bonds is 4. The van der Waals surface area contributed by atoms with Gasteiger partial charge in [-0.2, -0.15) is 0 Å². The fraction of sp³-hybridized carbons (Fsp3) is 0.294. The molecule has 19 heavy (non-hydrogen) atoms. The second-order valence-electron chi connectivity index (χ2n) is 5.03. The molecular formula is C17H21NO. The van der Waals surface area contributed by atoms with Crippen molar-refractivity contribution in [2.45, 2.75) is 25.9 Å². The molecule has 3 N–H and O–H groups in total. The quantitative estimate of drug-likeness (QED) is 0.882. The Morgan fingerprint density at radius 2 is 1.32 bits per heavy atom. The summed E-state index contributed by atoms with van der Waals surface area (Å²) in [5, 5.41) is 11.2. The molecule has 0 bridgehead atoms. The van der Waals surface area contributed by atoms with Gasteiger partial charge in [0.2, 0.25) is 0 Å². The molecule has 0 spiro atoms. The van der Waals surface area contributed by atoms with E-state index in [2.05, 4.69) is 0 Å². The Hall–Kier alpha value is -1.64. The van der Waals surface area contributed by atoms with Crippen molar-refractivity contribution in [1.29, 1.82) is 0 Å². The van der Waals surface area contributed by atoms with Crippen molar-refractivity contribution >= 4 is 0 Å². The number of benzene rings is 2. The highest BCUT2D eigenvalue weighted by Gasteiger charge is 2.32. The Morgan fingerprint density at radius 3 is 1.68 bits per heavy atom. The van der Waals surface area contributed by atoms with E-state index < -0.39 is 5.60 Å². The minimum atomic E-state index is -1.01. The topological polar surface area (TPSA) is 46.2 Å². The van der Waals surface area contributed by atoms with Gasteiger partial charge in [-0.3, -0.25) is 0 Å². The van der Waals surface area contributed by atoms with Crippen molar-refractivity contribution in [3.63, 3.8) is 0 Å². The third kappa shape index (κ3) is 2.55. The molecule has 2 rings (SSSR count). The van der Waals surface area contributed by atoms with Gasteiger partial charge in [-0.25, -0.2) is 0 Å². The van der Waals surface area contributed by atoms with Gasteiger partial charge in [-0.1, -0.05) is 48.5 Å². The van der Waals surface area contributed by atoms with Gasteiger partial charge in [0.15, 0.2) is 0 Å². The average molecular weight is 255 g/mol. The first-order chi connectivity index (χ1) is 9.09. The van der Waals surface area contributed by atoms with Crippen molar-refractivity contribution in [1.82, 2.24) is 0 Å². The zero-order chi connectivity index (χ0) is 13.9. The number of hydrogen-bond acceptors (Lipinski definition) is 2. The molecule has 0 aliphatic carbocycles. The zero-order valence-electron chi connectivity index (χ0n) is 11.6. The SMILES string of the molecule is Cc1ccccc1C(O)(CCN)c1ccccc1C. The first kappa shape index (κ1) is 13.8. The maximum absolute atomic E-state index is 11.2. The lowest BCUT2D eigenvalue weighted by Gasteiger charge is -2.31. The minimum absolute atomic E-state index is 0.444. The Morgan fingerprint density at radius 1 is 0.895 bits per heavy atom. The minimum Gasteiger partial charge on any atom is -0.380 e. The number of aliphatic hydroxyl groups is 1. The van der Waals surface area contributed by atoms with E-state index in [-0.39, 0.29) is 0 Å². The maximum Gasteiger partial charge on any atom is 0.116 e. The molecule has 0 amide bonds. The molecule has 0 aliphatic heterocycles. The Labute approximate surface area is 114 Å². The number of aryl methyl sites for hydroxylation is 2. The summed E-state index contributed by atoms with van der Waals surface area (Å²) in [6, 6.07) is 15.9. The lowest BCUT2D eigenvalue weighted by molar-refractivity contribution is 0.0724. The first-order valence-electron chi connectivity index (χ1n) is 6.64. The van der Waals surface area contributed by atoms with Gasteiger partial charge in [-0.05, 0) is 49.1 Å². The molecule has 0 saturated carbocycles. The molecule has 0 saturated heterocycles. The van der Waals surface area contributed by atoms with E-state index in [9.17, 15) is 5.11 Å². The lowest BCUT2D eigenvalue weighted by Crippen LogP contribution is -2.32. The van der Waals surface area contributed by atoms with Crippen LogP contribution >= 0.6 is 0 Å². The molecule has 0 atom stereocenters. The highest BCUT2D eigenvalue weighted by Crippen LogP contribution is 2.36. The number of hydrogen-bond donors (Lipinski definition) is 2. The average Bonchev–Trinajstić information content (AvgIpc) is 2.39. The standard InChI is InChI=1S/C17H21NO/c1-13-7-3-5-9-15(13)17(19,11-12-18)16-10-6-4-8-14(16)2/h3-10,19H,11-12,18H2,1-2H3. The predicted molar refractivity (Wildman–Crippen MR) is 79.0 cm³/mol. The lowest BCUT2D eigenvalue weighted by atomic mass is 9.79. The van der Waals surface area contributed by atoms with Crippen molar-refractivity contribution in [3.05, 3.63) is 70.8 Å². The molecule has 0 unspecified atom stereocenters. The van der Waals surface area contributed by atoms with E-state index in [1.807, 2.05) is 62.4 Å². The van der Waals surface area contributed by atoms with E-state index in [1.165, 1.54) is 0 Å². The van der Waals surface area contributed by atoms with Gasteiger partial charge >= 0.3 is 0 Å². The fourth-order valence-electron chi connectivity index (χ4n) is 2.70. The normalized spacial score (nSPS) is 11.6. The molecular weight excluding hydrogens is 234 g/mol. The summed E-state index contributed by atoms with van der Waals surface area (Å²) >= 11 is 0. The van der Waals surface area contributed by atoms with Crippen LogP contribution in [0, 0.1) is 13.8 Å². The molecule has 2 aromatic rings. The van der Waals surface area contributed by atoms with Gasteiger partial charge in [0.25, 0.3) is 0 Å². The van der Waals surface area contributed by atoms with Crippen LogP contribution in [-0.4, -0.2) is 11.7 Å². The van der Waals surface area contributed by atoms with Crippen LogP contribution < -0.4 is 5.73 Å². The monoisotopic (exact) mass is 255 g/mol. The Kier molecular flexibility index (Phi) is 4.03.